The molecular formula is C9H14N2S. The lowest BCUT2D eigenvalue weighted by Crippen LogP contribution is -2.39. The third kappa shape index (κ3) is 1.84. The molecule has 0 atom stereocenters. The van der Waals surface area contributed by atoms with Crippen molar-refractivity contribution in [2.45, 2.75) is 32.4 Å². The van der Waals surface area contributed by atoms with E-state index in [2.05, 4.69) is 22.6 Å². The number of rotatable bonds is 3. The summed E-state index contributed by atoms with van der Waals surface area (Å²) in [5, 5.41) is 5.60. The zero-order valence-corrected chi connectivity index (χ0v) is 8.10. The van der Waals surface area contributed by atoms with Crippen LogP contribution >= 0.6 is 11.3 Å². The van der Waals surface area contributed by atoms with E-state index in [-0.39, 0.29) is 0 Å². The van der Waals surface area contributed by atoms with Gasteiger partial charge in [0.25, 0.3) is 0 Å². The van der Waals surface area contributed by atoms with E-state index in [0.29, 0.717) is 0 Å². The number of nitrogens with one attached hydrogen (secondary N) is 1. The molecule has 1 aromatic rings. The smallest absolute Gasteiger partial charge is 0.0795 e. The van der Waals surface area contributed by atoms with Crippen molar-refractivity contribution >= 4 is 11.3 Å². The standard InChI is InChI=1S/C9H14N2S/c1-7-2-8(3-7)10-4-9-5-12-6-11-9/h5-8,10H,2-4H2,1H3. The number of thiazole rings is 1. The molecular weight excluding hydrogens is 168 g/mol. The molecule has 12 heavy (non-hydrogen) atoms. The van der Waals surface area contributed by atoms with Crippen LogP contribution in [0.15, 0.2) is 10.9 Å². The van der Waals surface area contributed by atoms with Crippen LogP contribution in [0.25, 0.3) is 0 Å². The Morgan fingerprint density at radius 1 is 1.67 bits per heavy atom. The maximum Gasteiger partial charge on any atom is 0.0795 e. The fraction of sp³-hybridized carbons (Fsp3) is 0.667. The summed E-state index contributed by atoms with van der Waals surface area (Å²) in [7, 11) is 0. The van der Waals surface area contributed by atoms with Crippen LogP contribution in [0.5, 0.6) is 0 Å². The normalized spacial score (nSPS) is 28.4. The Bertz CT molecular complexity index is 227. The lowest BCUT2D eigenvalue weighted by molar-refractivity contribution is 0.240. The molecule has 3 heteroatoms. The quantitative estimate of drug-likeness (QED) is 0.773. The summed E-state index contributed by atoms with van der Waals surface area (Å²) in [5.41, 5.74) is 3.07. The molecule has 0 aliphatic heterocycles. The summed E-state index contributed by atoms with van der Waals surface area (Å²) >= 11 is 1.67. The number of nitrogens with zero attached hydrogens (tertiary/aromatic N) is 1. The second-order valence-electron chi connectivity index (χ2n) is 3.63. The predicted molar refractivity (Wildman–Crippen MR) is 51.1 cm³/mol. The molecule has 0 spiro atoms. The van der Waals surface area contributed by atoms with Crippen LogP contribution in [0, 0.1) is 5.92 Å². The van der Waals surface area contributed by atoms with Gasteiger partial charge < -0.3 is 5.32 Å². The van der Waals surface area contributed by atoms with Crippen molar-refractivity contribution in [1.82, 2.24) is 10.3 Å². The minimum Gasteiger partial charge on any atom is -0.308 e. The molecule has 0 aromatic carbocycles. The van der Waals surface area contributed by atoms with Crippen LogP contribution < -0.4 is 5.32 Å². The van der Waals surface area contributed by atoms with E-state index in [1.807, 2.05) is 5.51 Å². The highest BCUT2D eigenvalue weighted by Gasteiger charge is 2.24. The maximum absolute atomic E-state index is 4.22. The molecule has 1 N–H and O–H groups in total. The van der Waals surface area contributed by atoms with E-state index in [4.69, 9.17) is 0 Å². The molecule has 1 saturated carbocycles. The van der Waals surface area contributed by atoms with E-state index in [9.17, 15) is 0 Å². The van der Waals surface area contributed by atoms with E-state index in [1.165, 1.54) is 18.5 Å². The highest BCUT2D eigenvalue weighted by atomic mass is 32.1. The van der Waals surface area contributed by atoms with E-state index >= 15 is 0 Å². The minimum atomic E-state index is 0.752. The van der Waals surface area contributed by atoms with Gasteiger partial charge >= 0.3 is 0 Å². The number of hydrogen-bond donors (Lipinski definition) is 1. The van der Waals surface area contributed by atoms with Crippen molar-refractivity contribution in [2.75, 3.05) is 0 Å². The van der Waals surface area contributed by atoms with Crippen molar-refractivity contribution in [3.8, 4) is 0 Å². The largest absolute Gasteiger partial charge is 0.308 e. The van der Waals surface area contributed by atoms with Crippen molar-refractivity contribution in [3.63, 3.8) is 0 Å². The first-order chi connectivity index (χ1) is 5.84. The van der Waals surface area contributed by atoms with Gasteiger partial charge in [-0.3, -0.25) is 0 Å². The zero-order chi connectivity index (χ0) is 8.39. The van der Waals surface area contributed by atoms with Gasteiger partial charge in [0.2, 0.25) is 0 Å². The van der Waals surface area contributed by atoms with E-state index in [1.54, 1.807) is 11.3 Å². The summed E-state index contributed by atoms with van der Waals surface area (Å²) in [6.07, 6.45) is 2.67. The molecule has 66 valence electrons. The molecule has 1 fully saturated rings. The third-order valence-electron chi connectivity index (χ3n) is 2.43. The molecule has 0 saturated heterocycles. The number of aromatic nitrogens is 1. The van der Waals surface area contributed by atoms with Crippen molar-refractivity contribution < 1.29 is 0 Å². The topological polar surface area (TPSA) is 24.9 Å². The van der Waals surface area contributed by atoms with Gasteiger partial charge in [-0.05, 0) is 18.8 Å². The van der Waals surface area contributed by atoms with Gasteiger partial charge in [0, 0.05) is 18.0 Å². The van der Waals surface area contributed by atoms with Crippen LogP contribution in [0.3, 0.4) is 0 Å². The monoisotopic (exact) mass is 182 g/mol. The third-order valence-corrected chi connectivity index (χ3v) is 3.06. The fourth-order valence-electron chi connectivity index (χ4n) is 1.64. The van der Waals surface area contributed by atoms with Gasteiger partial charge in [0.1, 0.15) is 0 Å². The minimum absolute atomic E-state index is 0.752. The summed E-state index contributed by atoms with van der Waals surface area (Å²) in [6.45, 7) is 3.25. The first kappa shape index (κ1) is 8.20. The van der Waals surface area contributed by atoms with Gasteiger partial charge in [0.05, 0.1) is 11.2 Å². The van der Waals surface area contributed by atoms with Crippen molar-refractivity contribution in [1.29, 1.82) is 0 Å². The summed E-state index contributed by atoms with van der Waals surface area (Å²) in [6, 6.07) is 0.752. The molecule has 2 rings (SSSR count). The van der Waals surface area contributed by atoms with Crippen molar-refractivity contribution in [2.24, 2.45) is 5.92 Å². The average Bonchev–Trinajstić information content (AvgIpc) is 2.47. The van der Waals surface area contributed by atoms with Gasteiger partial charge in [-0.2, -0.15) is 0 Å². The average molecular weight is 182 g/mol. The molecule has 2 nitrogen and oxygen atoms in total. The highest BCUT2D eigenvalue weighted by Crippen LogP contribution is 2.26. The Hall–Kier alpha value is -0.410. The molecule has 1 aliphatic carbocycles. The SMILES string of the molecule is CC1CC(NCc2cscn2)C1. The lowest BCUT2D eigenvalue weighted by atomic mass is 9.82. The molecule has 1 aromatic heterocycles. The van der Waals surface area contributed by atoms with Gasteiger partial charge in [0.15, 0.2) is 0 Å². The summed E-state index contributed by atoms with van der Waals surface area (Å²) < 4.78 is 0. The van der Waals surface area contributed by atoms with Crippen LogP contribution in [-0.2, 0) is 6.54 Å². The van der Waals surface area contributed by atoms with Crippen LogP contribution in [-0.4, -0.2) is 11.0 Å². The van der Waals surface area contributed by atoms with Crippen LogP contribution in [0.4, 0.5) is 0 Å². The van der Waals surface area contributed by atoms with Crippen molar-refractivity contribution in [3.05, 3.63) is 16.6 Å². The Labute approximate surface area is 77.0 Å². The lowest BCUT2D eigenvalue weighted by Gasteiger charge is -2.33. The highest BCUT2D eigenvalue weighted by molar-refractivity contribution is 7.07. The second-order valence-corrected chi connectivity index (χ2v) is 4.35. The van der Waals surface area contributed by atoms with Crippen LogP contribution in [0.2, 0.25) is 0 Å². The fourth-order valence-corrected chi connectivity index (χ4v) is 2.20. The van der Waals surface area contributed by atoms with Gasteiger partial charge in [-0.25, -0.2) is 4.98 Å². The first-order valence-corrected chi connectivity index (χ1v) is 5.39. The summed E-state index contributed by atoms with van der Waals surface area (Å²) in [4.78, 5) is 4.22. The molecule has 0 amide bonds. The Kier molecular flexibility index (Phi) is 2.42. The first-order valence-electron chi connectivity index (χ1n) is 4.45. The predicted octanol–water partition coefficient (Wildman–Crippen LogP) is 2.03. The van der Waals surface area contributed by atoms with E-state index in [0.717, 1.165) is 18.5 Å². The molecule has 0 unspecified atom stereocenters. The maximum atomic E-state index is 4.22. The van der Waals surface area contributed by atoms with Gasteiger partial charge in [-0.15, -0.1) is 11.3 Å². The van der Waals surface area contributed by atoms with E-state index < -0.39 is 0 Å². The molecule has 1 heterocycles. The molecule has 0 bridgehead atoms. The Balaban J connectivity index is 1.70. The molecule has 1 aliphatic rings. The number of hydrogen-bond acceptors (Lipinski definition) is 3. The Morgan fingerprint density at radius 3 is 3.08 bits per heavy atom. The second kappa shape index (κ2) is 3.54. The van der Waals surface area contributed by atoms with Crippen LogP contribution in [0.1, 0.15) is 25.5 Å². The van der Waals surface area contributed by atoms with Gasteiger partial charge in [-0.1, -0.05) is 6.92 Å². The summed E-state index contributed by atoms with van der Waals surface area (Å²) in [5.74, 6) is 0.929. The Morgan fingerprint density at radius 2 is 2.50 bits per heavy atom. The zero-order valence-electron chi connectivity index (χ0n) is 7.29. The molecule has 0 radical (unpaired) electrons.